The number of carboxylic acids is 1. The molecule has 18 heavy (non-hydrogen) atoms. The Morgan fingerprint density at radius 3 is 2.50 bits per heavy atom. The third-order valence-electron chi connectivity index (χ3n) is 2.02. The molecule has 1 aromatic heterocycles. The van der Waals surface area contributed by atoms with Crippen LogP contribution >= 0.6 is 0 Å². The zero-order chi connectivity index (χ0) is 13.7. The summed E-state index contributed by atoms with van der Waals surface area (Å²) in [6, 6.07) is 0. The molecule has 1 heterocycles. The summed E-state index contributed by atoms with van der Waals surface area (Å²) >= 11 is 0. The average molecular weight is 255 g/mol. The fraction of sp³-hybridized carbons (Fsp3) is 0.444. The number of aryl methyl sites for hydroxylation is 1. The van der Waals surface area contributed by atoms with E-state index in [4.69, 9.17) is 10.8 Å². The summed E-state index contributed by atoms with van der Waals surface area (Å²) in [6.45, 7) is 0.673. The van der Waals surface area contributed by atoms with Gasteiger partial charge in [0.15, 0.2) is 0 Å². The van der Waals surface area contributed by atoms with Gasteiger partial charge in [-0.1, -0.05) is 6.92 Å². The highest BCUT2D eigenvalue weighted by atomic mass is 16.4. The number of hydrogen-bond donors (Lipinski definition) is 3. The van der Waals surface area contributed by atoms with Crippen LogP contribution in [0.2, 0.25) is 0 Å². The molecule has 2 amide bonds. The molecule has 0 fully saturated rings. The normalized spacial score (nSPS) is 10.1. The van der Waals surface area contributed by atoms with Crippen LogP contribution in [-0.4, -0.2) is 56.1 Å². The lowest BCUT2D eigenvalue weighted by molar-refractivity contribution is -0.138. The van der Waals surface area contributed by atoms with Crippen LogP contribution < -0.4 is 5.73 Å². The van der Waals surface area contributed by atoms with E-state index < -0.39 is 30.9 Å². The van der Waals surface area contributed by atoms with Gasteiger partial charge in [-0.25, -0.2) is 4.98 Å². The number of carboxylic acid groups (broad SMARTS) is 1. The Labute approximate surface area is 102 Å². The molecule has 0 saturated carbocycles. The summed E-state index contributed by atoms with van der Waals surface area (Å²) < 4.78 is 0. The number of nitrogens with zero attached hydrogens (tertiary/aromatic N) is 3. The first-order chi connectivity index (χ1) is 8.43. The number of nitrogens with two attached hydrogens (primary N) is 1. The minimum Gasteiger partial charge on any atom is -0.480 e. The fourth-order valence-electron chi connectivity index (χ4n) is 1.24. The minimum absolute atomic E-state index is 0.186. The molecule has 1 aromatic rings. The molecular formula is C9H13N5O4. The molecule has 9 heteroatoms. The van der Waals surface area contributed by atoms with Crippen molar-refractivity contribution < 1.29 is 19.5 Å². The SMILES string of the molecule is CCc1nc(C(=O)N(CC(N)=O)CC(=O)O)n[nH]1. The Balaban J connectivity index is 2.86. The van der Waals surface area contributed by atoms with Crippen molar-refractivity contribution in [1.82, 2.24) is 20.1 Å². The van der Waals surface area contributed by atoms with Crippen LogP contribution in [0.5, 0.6) is 0 Å². The molecule has 0 saturated heterocycles. The Morgan fingerprint density at radius 2 is 2.06 bits per heavy atom. The maximum absolute atomic E-state index is 11.9. The predicted octanol–water partition coefficient (Wildman–Crippen LogP) is -1.62. The quantitative estimate of drug-likeness (QED) is 0.557. The molecule has 0 bridgehead atoms. The largest absolute Gasteiger partial charge is 0.480 e. The number of rotatable bonds is 6. The summed E-state index contributed by atoms with van der Waals surface area (Å²) in [7, 11) is 0. The van der Waals surface area contributed by atoms with Gasteiger partial charge >= 0.3 is 5.97 Å². The standard InChI is InChI=1S/C9H13N5O4/c1-2-6-11-8(13-12-6)9(18)14(3-5(10)15)4-7(16)17/h2-4H2,1H3,(H2,10,15)(H,16,17)(H,11,12,13). The van der Waals surface area contributed by atoms with Crippen LogP contribution in [-0.2, 0) is 16.0 Å². The maximum atomic E-state index is 11.9. The Morgan fingerprint density at radius 1 is 1.39 bits per heavy atom. The average Bonchev–Trinajstić information content (AvgIpc) is 2.74. The second kappa shape index (κ2) is 5.75. The zero-order valence-corrected chi connectivity index (χ0v) is 9.71. The van der Waals surface area contributed by atoms with Crippen molar-refractivity contribution in [3.63, 3.8) is 0 Å². The predicted molar refractivity (Wildman–Crippen MR) is 58.5 cm³/mol. The summed E-state index contributed by atoms with van der Waals surface area (Å²) in [6.07, 6.45) is 0.551. The van der Waals surface area contributed by atoms with Crippen molar-refractivity contribution in [2.75, 3.05) is 13.1 Å². The molecule has 0 radical (unpaired) electrons. The summed E-state index contributed by atoms with van der Waals surface area (Å²) in [5, 5.41) is 14.8. The van der Waals surface area contributed by atoms with E-state index in [1.54, 1.807) is 0 Å². The first-order valence-electron chi connectivity index (χ1n) is 5.14. The van der Waals surface area contributed by atoms with Crippen molar-refractivity contribution in [3.8, 4) is 0 Å². The lowest BCUT2D eigenvalue weighted by Crippen LogP contribution is -2.42. The van der Waals surface area contributed by atoms with Crippen LogP contribution in [0.4, 0.5) is 0 Å². The molecule has 4 N–H and O–H groups in total. The van der Waals surface area contributed by atoms with E-state index in [1.165, 1.54) is 0 Å². The van der Waals surface area contributed by atoms with Gasteiger partial charge in [0, 0.05) is 6.42 Å². The van der Waals surface area contributed by atoms with Crippen molar-refractivity contribution >= 4 is 17.8 Å². The van der Waals surface area contributed by atoms with Gasteiger partial charge in [-0.15, -0.1) is 5.10 Å². The first-order valence-corrected chi connectivity index (χ1v) is 5.14. The van der Waals surface area contributed by atoms with Crippen LogP contribution in [0.3, 0.4) is 0 Å². The second-order valence-electron chi connectivity index (χ2n) is 3.48. The maximum Gasteiger partial charge on any atom is 0.323 e. The smallest absolute Gasteiger partial charge is 0.323 e. The molecule has 0 spiro atoms. The highest BCUT2D eigenvalue weighted by Gasteiger charge is 2.23. The van der Waals surface area contributed by atoms with Crippen LogP contribution in [0.15, 0.2) is 0 Å². The topological polar surface area (TPSA) is 142 Å². The summed E-state index contributed by atoms with van der Waals surface area (Å²) in [5.74, 6) is -2.51. The summed E-state index contributed by atoms with van der Waals surface area (Å²) in [4.78, 5) is 37.9. The number of nitrogens with one attached hydrogen (secondary N) is 1. The van der Waals surface area contributed by atoms with E-state index in [0.717, 1.165) is 4.90 Å². The molecule has 0 aliphatic carbocycles. The Hall–Kier alpha value is -2.45. The zero-order valence-electron chi connectivity index (χ0n) is 9.71. The summed E-state index contributed by atoms with van der Waals surface area (Å²) in [5.41, 5.74) is 4.94. The number of hydrogen-bond acceptors (Lipinski definition) is 5. The van der Waals surface area contributed by atoms with Crippen molar-refractivity contribution in [3.05, 3.63) is 11.6 Å². The number of amides is 2. The third kappa shape index (κ3) is 3.54. The molecule has 0 unspecified atom stereocenters. The number of carbonyl (C=O) groups is 3. The van der Waals surface area contributed by atoms with Gasteiger partial charge in [0.25, 0.3) is 5.91 Å². The lowest BCUT2D eigenvalue weighted by Gasteiger charge is -2.16. The molecule has 0 atom stereocenters. The molecule has 98 valence electrons. The van der Waals surface area contributed by atoms with E-state index in [9.17, 15) is 14.4 Å². The van der Waals surface area contributed by atoms with Gasteiger partial charge < -0.3 is 15.7 Å². The molecule has 0 aliphatic heterocycles. The molecular weight excluding hydrogens is 242 g/mol. The van der Waals surface area contributed by atoms with E-state index in [1.807, 2.05) is 6.92 Å². The fourth-order valence-corrected chi connectivity index (χ4v) is 1.24. The number of H-pyrrole nitrogens is 1. The highest BCUT2D eigenvalue weighted by Crippen LogP contribution is 2.00. The van der Waals surface area contributed by atoms with Crippen molar-refractivity contribution in [1.29, 1.82) is 0 Å². The minimum atomic E-state index is -1.25. The van der Waals surface area contributed by atoms with E-state index in [2.05, 4.69) is 15.2 Å². The number of aromatic nitrogens is 3. The highest BCUT2D eigenvalue weighted by molar-refractivity contribution is 5.95. The Kier molecular flexibility index (Phi) is 4.35. The molecule has 1 rings (SSSR count). The molecule has 0 aromatic carbocycles. The van der Waals surface area contributed by atoms with Gasteiger partial charge in [0.1, 0.15) is 18.9 Å². The van der Waals surface area contributed by atoms with Gasteiger partial charge in [-0.2, -0.15) is 0 Å². The monoisotopic (exact) mass is 255 g/mol. The second-order valence-corrected chi connectivity index (χ2v) is 3.48. The van der Waals surface area contributed by atoms with Crippen molar-refractivity contribution in [2.24, 2.45) is 5.73 Å². The van der Waals surface area contributed by atoms with Crippen LogP contribution in [0, 0.1) is 0 Å². The number of aromatic amines is 1. The number of aliphatic carboxylic acids is 1. The van der Waals surface area contributed by atoms with Crippen molar-refractivity contribution in [2.45, 2.75) is 13.3 Å². The molecule has 9 nitrogen and oxygen atoms in total. The van der Waals surface area contributed by atoms with Crippen LogP contribution in [0.1, 0.15) is 23.4 Å². The van der Waals surface area contributed by atoms with E-state index in [0.29, 0.717) is 12.2 Å². The van der Waals surface area contributed by atoms with E-state index in [-0.39, 0.29) is 5.82 Å². The van der Waals surface area contributed by atoms with Gasteiger partial charge in [-0.05, 0) is 0 Å². The van der Waals surface area contributed by atoms with Gasteiger partial charge in [0.05, 0.1) is 0 Å². The van der Waals surface area contributed by atoms with Gasteiger partial charge in [-0.3, -0.25) is 19.5 Å². The number of primary amides is 1. The third-order valence-corrected chi connectivity index (χ3v) is 2.02. The Bertz CT molecular complexity index is 453. The van der Waals surface area contributed by atoms with E-state index >= 15 is 0 Å². The van der Waals surface area contributed by atoms with Crippen LogP contribution in [0.25, 0.3) is 0 Å². The lowest BCUT2D eigenvalue weighted by atomic mass is 10.4. The number of carbonyl (C=O) groups excluding carboxylic acids is 2. The van der Waals surface area contributed by atoms with Gasteiger partial charge in [0.2, 0.25) is 11.7 Å². The molecule has 0 aliphatic rings. The first kappa shape index (κ1) is 13.6.